The Morgan fingerprint density at radius 3 is 2.32 bits per heavy atom. The smallest absolute Gasteiger partial charge is 0.416 e. The van der Waals surface area contributed by atoms with Crippen LogP contribution in [0.3, 0.4) is 0 Å². The van der Waals surface area contributed by atoms with E-state index in [2.05, 4.69) is 16.8 Å². The maximum Gasteiger partial charge on any atom is 0.416 e. The van der Waals surface area contributed by atoms with Crippen LogP contribution in [0.1, 0.15) is 27.7 Å². The molecule has 1 aromatic rings. The van der Waals surface area contributed by atoms with Crippen molar-refractivity contribution >= 4 is 40.6 Å². The van der Waals surface area contributed by atoms with E-state index in [-0.39, 0.29) is 13.1 Å². The molecule has 1 aromatic heterocycles. The molecule has 1 heterocycles. The molecule has 0 atom stereocenters. The summed E-state index contributed by atoms with van der Waals surface area (Å²) in [6, 6.07) is 3.41. The first kappa shape index (κ1) is 21.1. The molecule has 138 valence electrons. The Morgan fingerprint density at radius 2 is 1.84 bits per heavy atom. The molecule has 0 bridgehead atoms. The van der Waals surface area contributed by atoms with Gasteiger partial charge in [-0.1, -0.05) is 6.58 Å². The second-order valence-corrected chi connectivity index (χ2v) is 7.44. The molecule has 25 heavy (non-hydrogen) atoms. The Morgan fingerprint density at radius 1 is 1.20 bits per heavy atom. The molecule has 0 aliphatic carbocycles. The van der Waals surface area contributed by atoms with E-state index in [1.165, 1.54) is 9.80 Å². The normalized spacial score (nSPS) is 10.8. The van der Waals surface area contributed by atoms with Crippen LogP contribution in [0, 0.1) is 3.70 Å². The molecule has 0 saturated heterocycles. The minimum Gasteiger partial charge on any atom is -0.443 e. The molecule has 0 aliphatic heterocycles. The van der Waals surface area contributed by atoms with Crippen LogP contribution in [-0.4, -0.2) is 53.0 Å². The number of hydrogen-bond acceptors (Lipinski definition) is 6. The molecule has 0 spiro atoms. The largest absolute Gasteiger partial charge is 0.443 e. The number of nitrogens with zero attached hydrogens (tertiary/aromatic N) is 4. The van der Waals surface area contributed by atoms with E-state index < -0.39 is 17.8 Å². The van der Waals surface area contributed by atoms with Gasteiger partial charge in [-0.25, -0.2) is 9.59 Å². The van der Waals surface area contributed by atoms with Gasteiger partial charge in [-0.3, -0.25) is 4.90 Å². The van der Waals surface area contributed by atoms with Gasteiger partial charge in [0.2, 0.25) is 0 Å². The van der Waals surface area contributed by atoms with E-state index in [9.17, 15) is 9.59 Å². The first-order valence-corrected chi connectivity index (χ1v) is 8.65. The standard InChI is InChI=1S/C16H23IN4O4/c1-11(2)24-14(22)20(6)9-10-21(15(23)25-16(3,4)5)13-8-7-12(17)18-19-13/h7-8H,1,9-10H2,2-6H3. The fraction of sp³-hybridized carbons (Fsp3) is 0.500. The maximum absolute atomic E-state index is 12.5. The van der Waals surface area contributed by atoms with Crippen molar-refractivity contribution in [2.24, 2.45) is 0 Å². The Labute approximate surface area is 161 Å². The van der Waals surface area contributed by atoms with Gasteiger partial charge in [0.15, 0.2) is 5.82 Å². The molecular weight excluding hydrogens is 439 g/mol. The number of anilines is 1. The molecule has 0 radical (unpaired) electrons. The molecule has 0 unspecified atom stereocenters. The molecule has 8 nitrogen and oxygen atoms in total. The van der Waals surface area contributed by atoms with Gasteiger partial charge in [0, 0.05) is 20.1 Å². The first-order chi connectivity index (χ1) is 11.5. The van der Waals surface area contributed by atoms with Crippen molar-refractivity contribution in [2.45, 2.75) is 33.3 Å². The van der Waals surface area contributed by atoms with E-state index in [4.69, 9.17) is 9.47 Å². The SMILES string of the molecule is C=C(C)OC(=O)N(C)CCN(C(=O)OC(C)(C)C)c1ccc(I)nn1. The van der Waals surface area contributed by atoms with Crippen LogP contribution >= 0.6 is 22.6 Å². The molecule has 0 saturated carbocycles. The molecule has 0 N–H and O–H groups in total. The number of hydrogen-bond donors (Lipinski definition) is 0. The highest BCUT2D eigenvalue weighted by Gasteiger charge is 2.25. The third-order valence-corrected chi connectivity index (χ3v) is 3.32. The topological polar surface area (TPSA) is 84.9 Å². The third kappa shape index (κ3) is 7.67. The Balaban J connectivity index is 2.88. The monoisotopic (exact) mass is 462 g/mol. The van der Waals surface area contributed by atoms with E-state index >= 15 is 0 Å². The summed E-state index contributed by atoms with van der Waals surface area (Å²) < 4.78 is 11.0. The van der Waals surface area contributed by atoms with Crippen molar-refractivity contribution in [1.82, 2.24) is 15.1 Å². The van der Waals surface area contributed by atoms with Crippen LogP contribution in [-0.2, 0) is 9.47 Å². The highest BCUT2D eigenvalue weighted by molar-refractivity contribution is 14.1. The molecule has 1 rings (SSSR count). The van der Waals surface area contributed by atoms with Gasteiger partial charge in [-0.15, -0.1) is 10.2 Å². The number of carbonyl (C=O) groups excluding carboxylic acids is 2. The summed E-state index contributed by atoms with van der Waals surface area (Å²) in [6.45, 7) is 10.8. The highest BCUT2D eigenvalue weighted by Crippen LogP contribution is 2.16. The molecular formula is C16H23IN4O4. The van der Waals surface area contributed by atoms with Gasteiger partial charge in [-0.2, -0.15) is 0 Å². The summed E-state index contributed by atoms with van der Waals surface area (Å²) >= 11 is 2.03. The van der Waals surface area contributed by atoms with Crippen LogP contribution in [0.2, 0.25) is 0 Å². The lowest BCUT2D eigenvalue weighted by Crippen LogP contribution is -2.42. The second-order valence-electron chi connectivity index (χ2n) is 6.34. The lowest BCUT2D eigenvalue weighted by molar-refractivity contribution is 0.0574. The summed E-state index contributed by atoms with van der Waals surface area (Å²) in [4.78, 5) is 27.0. The van der Waals surface area contributed by atoms with Gasteiger partial charge in [-0.05, 0) is 62.4 Å². The average Bonchev–Trinajstić information content (AvgIpc) is 2.46. The van der Waals surface area contributed by atoms with Crippen molar-refractivity contribution in [1.29, 1.82) is 0 Å². The summed E-state index contributed by atoms with van der Waals surface area (Å²) in [5.41, 5.74) is -0.656. The molecule has 0 aromatic carbocycles. The summed E-state index contributed by atoms with van der Waals surface area (Å²) in [5.74, 6) is 0.640. The van der Waals surface area contributed by atoms with Gasteiger partial charge in [0.1, 0.15) is 9.30 Å². The average molecular weight is 462 g/mol. The predicted octanol–water partition coefficient (Wildman–Crippen LogP) is 3.42. The van der Waals surface area contributed by atoms with Crippen molar-refractivity contribution in [3.63, 3.8) is 0 Å². The first-order valence-electron chi connectivity index (χ1n) is 7.58. The van der Waals surface area contributed by atoms with E-state index in [0.717, 1.165) is 0 Å². The zero-order chi connectivity index (χ0) is 19.2. The second kappa shape index (κ2) is 8.97. The number of allylic oxidation sites excluding steroid dienone is 1. The maximum atomic E-state index is 12.5. The number of carbonyl (C=O) groups is 2. The van der Waals surface area contributed by atoms with Crippen LogP contribution < -0.4 is 4.90 Å². The summed E-state index contributed by atoms with van der Waals surface area (Å²) in [5, 5.41) is 7.97. The third-order valence-electron chi connectivity index (χ3n) is 2.74. The molecule has 2 amide bonds. The fourth-order valence-electron chi connectivity index (χ4n) is 1.64. The Bertz CT molecular complexity index is 628. The van der Waals surface area contributed by atoms with Gasteiger partial charge in [0.05, 0.1) is 5.76 Å². The molecule has 0 fully saturated rings. The minimum absolute atomic E-state index is 0.173. The van der Waals surface area contributed by atoms with Crippen LogP contribution in [0.25, 0.3) is 0 Å². The quantitative estimate of drug-likeness (QED) is 0.493. The number of likely N-dealkylation sites (N-methyl/N-ethyl adjacent to an activating group) is 1. The minimum atomic E-state index is -0.656. The number of aromatic nitrogens is 2. The Kier molecular flexibility index (Phi) is 7.59. The van der Waals surface area contributed by atoms with Crippen molar-refractivity contribution in [3.05, 3.63) is 28.2 Å². The van der Waals surface area contributed by atoms with Crippen molar-refractivity contribution < 1.29 is 19.1 Å². The number of amides is 2. The molecule has 0 aliphatic rings. The number of rotatable bonds is 5. The predicted molar refractivity (Wildman–Crippen MR) is 102 cm³/mol. The van der Waals surface area contributed by atoms with Crippen molar-refractivity contribution in [2.75, 3.05) is 25.0 Å². The van der Waals surface area contributed by atoms with E-state index in [0.29, 0.717) is 15.3 Å². The zero-order valence-electron chi connectivity index (χ0n) is 15.1. The number of halogens is 1. The lowest BCUT2D eigenvalue weighted by Gasteiger charge is -2.27. The Hall–Kier alpha value is -1.91. The van der Waals surface area contributed by atoms with Gasteiger partial charge in [0.25, 0.3) is 0 Å². The lowest BCUT2D eigenvalue weighted by atomic mass is 10.2. The van der Waals surface area contributed by atoms with E-state index in [1.54, 1.807) is 46.9 Å². The van der Waals surface area contributed by atoms with Crippen LogP contribution in [0.15, 0.2) is 24.5 Å². The van der Waals surface area contributed by atoms with Crippen LogP contribution in [0.4, 0.5) is 15.4 Å². The fourth-order valence-corrected chi connectivity index (χ4v) is 1.93. The number of ether oxygens (including phenoxy) is 2. The van der Waals surface area contributed by atoms with Crippen molar-refractivity contribution in [3.8, 4) is 0 Å². The van der Waals surface area contributed by atoms with Crippen LogP contribution in [0.5, 0.6) is 0 Å². The van der Waals surface area contributed by atoms with E-state index in [1.807, 2.05) is 22.6 Å². The highest BCUT2D eigenvalue weighted by atomic mass is 127. The molecule has 9 heteroatoms. The zero-order valence-corrected chi connectivity index (χ0v) is 17.2. The van der Waals surface area contributed by atoms with Gasteiger partial charge >= 0.3 is 12.2 Å². The summed E-state index contributed by atoms with van der Waals surface area (Å²) in [6.07, 6.45) is -1.12. The van der Waals surface area contributed by atoms with Gasteiger partial charge < -0.3 is 14.4 Å². The summed E-state index contributed by atoms with van der Waals surface area (Å²) in [7, 11) is 1.57.